The molecule has 0 spiro atoms. The van der Waals surface area contributed by atoms with Gasteiger partial charge in [0.15, 0.2) is 6.61 Å². The van der Waals surface area contributed by atoms with E-state index in [1.165, 1.54) is 6.21 Å². The summed E-state index contributed by atoms with van der Waals surface area (Å²) >= 11 is 0. The van der Waals surface area contributed by atoms with Crippen molar-refractivity contribution in [2.75, 3.05) is 13.7 Å². The fourth-order valence-corrected chi connectivity index (χ4v) is 2.62. The lowest BCUT2D eigenvalue weighted by molar-refractivity contribution is -0.123. The first-order valence-electron chi connectivity index (χ1n) is 9.65. The van der Waals surface area contributed by atoms with Crippen LogP contribution in [-0.2, 0) is 11.3 Å². The van der Waals surface area contributed by atoms with E-state index in [-0.39, 0.29) is 18.4 Å². The maximum Gasteiger partial charge on any atom is 0.271 e. The maximum atomic E-state index is 12.1. The molecule has 31 heavy (non-hydrogen) atoms. The van der Waals surface area contributed by atoms with Crippen LogP contribution in [0.3, 0.4) is 0 Å². The van der Waals surface area contributed by atoms with Crippen LogP contribution in [0.5, 0.6) is 11.5 Å². The number of nitrogens with zero attached hydrogens (tertiary/aromatic N) is 1. The summed E-state index contributed by atoms with van der Waals surface area (Å²) in [6.07, 6.45) is 1.53. The molecule has 3 rings (SSSR count). The largest absolute Gasteiger partial charge is 0.497 e. The van der Waals surface area contributed by atoms with Gasteiger partial charge in [-0.3, -0.25) is 9.59 Å². The third-order valence-corrected chi connectivity index (χ3v) is 4.31. The molecule has 7 nitrogen and oxygen atoms in total. The molecule has 0 aliphatic heterocycles. The molecule has 2 amide bonds. The van der Waals surface area contributed by atoms with Gasteiger partial charge < -0.3 is 14.8 Å². The second kappa shape index (κ2) is 11.2. The minimum atomic E-state index is -0.319. The Kier molecular flexibility index (Phi) is 7.77. The summed E-state index contributed by atoms with van der Waals surface area (Å²) < 4.78 is 10.6. The van der Waals surface area contributed by atoms with Crippen LogP contribution in [-0.4, -0.2) is 31.7 Å². The molecule has 158 valence electrons. The van der Waals surface area contributed by atoms with Gasteiger partial charge in [0.2, 0.25) is 0 Å². The summed E-state index contributed by atoms with van der Waals surface area (Å²) in [5, 5.41) is 6.76. The lowest BCUT2D eigenvalue weighted by atomic mass is 10.2. The summed E-state index contributed by atoms with van der Waals surface area (Å²) in [4.78, 5) is 24.0. The summed E-state index contributed by atoms with van der Waals surface area (Å²) in [5.41, 5.74) is 4.75. The van der Waals surface area contributed by atoms with Crippen LogP contribution in [0.2, 0.25) is 0 Å². The van der Waals surface area contributed by atoms with Gasteiger partial charge in [-0.05, 0) is 59.7 Å². The number of amides is 2. The molecule has 0 unspecified atom stereocenters. The number of rotatable bonds is 9. The van der Waals surface area contributed by atoms with Gasteiger partial charge in [-0.1, -0.05) is 30.3 Å². The van der Waals surface area contributed by atoms with Gasteiger partial charge in [0.25, 0.3) is 11.8 Å². The molecule has 0 radical (unpaired) electrons. The predicted molar refractivity (Wildman–Crippen MR) is 118 cm³/mol. The van der Waals surface area contributed by atoms with Gasteiger partial charge in [0, 0.05) is 12.1 Å². The standard InChI is InChI=1S/C24H23N3O4/c1-30-21-13-9-20(10-14-21)24(29)27-26-16-19-7-11-22(12-8-19)31-17-23(28)25-15-18-5-3-2-4-6-18/h2-14,16H,15,17H2,1H3,(H,25,28)(H,27,29)/b26-16+. The Morgan fingerprint density at radius 2 is 1.58 bits per heavy atom. The van der Waals surface area contributed by atoms with E-state index in [0.717, 1.165) is 11.1 Å². The number of carbonyl (C=O) groups is 2. The number of benzene rings is 3. The topological polar surface area (TPSA) is 89.0 Å². The van der Waals surface area contributed by atoms with Crippen molar-refractivity contribution in [3.63, 3.8) is 0 Å². The van der Waals surface area contributed by atoms with Crippen LogP contribution in [0.4, 0.5) is 0 Å². The first-order valence-corrected chi connectivity index (χ1v) is 9.65. The molecule has 0 saturated heterocycles. The molecule has 2 N–H and O–H groups in total. The monoisotopic (exact) mass is 417 g/mol. The van der Waals surface area contributed by atoms with Crippen LogP contribution < -0.4 is 20.2 Å². The number of methoxy groups -OCH3 is 1. The van der Waals surface area contributed by atoms with Gasteiger partial charge in [-0.15, -0.1) is 0 Å². The highest BCUT2D eigenvalue weighted by atomic mass is 16.5. The number of ether oxygens (including phenoxy) is 2. The predicted octanol–water partition coefficient (Wildman–Crippen LogP) is 3.15. The lowest BCUT2D eigenvalue weighted by Crippen LogP contribution is -2.28. The van der Waals surface area contributed by atoms with E-state index in [1.807, 2.05) is 30.3 Å². The van der Waals surface area contributed by atoms with Gasteiger partial charge >= 0.3 is 0 Å². The molecule has 0 fully saturated rings. The zero-order chi connectivity index (χ0) is 21.9. The highest BCUT2D eigenvalue weighted by Gasteiger charge is 2.05. The smallest absolute Gasteiger partial charge is 0.271 e. The number of carbonyl (C=O) groups excluding carboxylic acids is 2. The Morgan fingerprint density at radius 1 is 0.903 bits per heavy atom. The van der Waals surface area contributed by atoms with Crippen molar-refractivity contribution in [2.24, 2.45) is 5.10 Å². The van der Waals surface area contributed by atoms with E-state index in [9.17, 15) is 9.59 Å². The summed E-state index contributed by atoms with van der Waals surface area (Å²) in [5.74, 6) is 0.724. The van der Waals surface area contributed by atoms with E-state index in [4.69, 9.17) is 9.47 Å². The molecule has 7 heteroatoms. The van der Waals surface area contributed by atoms with Crippen molar-refractivity contribution in [1.29, 1.82) is 0 Å². The normalized spacial score (nSPS) is 10.5. The molecular formula is C24H23N3O4. The minimum absolute atomic E-state index is 0.0712. The number of hydrogen-bond acceptors (Lipinski definition) is 5. The van der Waals surface area contributed by atoms with Crippen LogP contribution in [0, 0.1) is 0 Å². The van der Waals surface area contributed by atoms with E-state index < -0.39 is 0 Å². The van der Waals surface area contributed by atoms with Gasteiger partial charge in [0.05, 0.1) is 13.3 Å². The van der Waals surface area contributed by atoms with E-state index in [1.54, 1.807) is 55.6 Å². The molecule has 0 heterocycles. The molecule has 0 aliphatic carbocycles. The highest BCUT2D eigenvalue weighted by molar-refractivity contribution is 5.95. The Balaban J connectivity index is 1.41. The van der Waals surface area contributed by atoms with Crippen LogP contribution in [0.1, 0.15) is 21.5 Å². The molecule has 0 aliphatic rings. The Morgan fingerprint density at radius 3 is 2.26 bits per heavy atom. The first-order chi connectivity index (χ1) is 15.1. The SMILES string of the molecule is COc1ccc(C(=O)N/N=C/c2ccc(OCC(=O)NCc3ccccc3)cc2)cc1. The van der Waals surface area contributed by atoms with E-state index in [0.29, 0.717) is 23.6 Å². The second-order valence-electron chi connectivity index (χ2n) is 6.55. The van der Waals surface area contributed by atoms with Crippen molar-refractivity contribution in [2.45, 2.75) is 6.54 Å². The average molecular weight is 417 g/mol. The zero-order valence-corrected chi connectivity index (χ0v) is 17.1. The summed E-state index contributed by atoms with van der Waals surface area (Å²) in [6, 6.07) is 23.4. The van der Waals surface area contributed by atoms with E-state index >= 15 is 0 Å². The zero-order valence-electron chi connectivity index (χ0n) is 17.1. The van der Waals surface area contributed by atoms with Crippen molar-refractivity contribution in [3.05, 3.63) is 95.6 Å². The third kappa shape index (κ3) is 7.01. The maximum absolute atomic E-state index is 12.1. The van der Waals surface area contributed by atoms with Crippen LogP contribution in [0.25, 0.3) is 0 Å². The van der Waals surface area contributed by atoms with E-state index in [2.05, 4.69) is 15.8 Å². The second-order valence-corrected chi connectivity index (χ2v) is 6.55. The molecule has 0 saturated carbocycles. The van der Waals surface area contributed by atoms with Crippen LogP contribution >= 0.6 is 0 Å². The Bertz CT molecular complexity index is 1020. The number of nitrogens with one attached hydrogen (secondary N) is 2. The van der Waals surface area contributed by atoms with Crippen LogP contribution in [0.15, 0.2) is 84.0 Å². The quantitative estimate of drug-likeness (QED) is 0.413. The van der Waals surface area contributed by atoms with Gasteiger partial charge in [-0.25, -0.2) is 5.43 Å². The fourth-order valence-electron chi connectivity index (χ4n) is 2.62. The fraction of sp³-hybridized carbons (Fsp3) is 0.125. The molecular weight excluding hydrogens is 394 g/mol. The van der Waals surface area contributed by atoms with Gasteiger partial charge in [-0.2, -0.15) is 5.10 Å². The van der Waals surface area contributed by atoms with Crippen molar-refractivity contribution in [3.8, 4) is 11.5 Å². The average Bonchev–Trinajstić information content (AvgIpc) is 2.83. The molecule has 3 aromatic rings. The lowest BCUT2D eigenvalue weighted by Gasteiger charge is -2.08. The highest BCUT2D eigenvalue weighted by Crippen LogP contribution is 2.12. The Hall–Kier alpha value is -4.13. The Labute approximate surface area is 180 Å². The minimum Gasteiger partial charge on any atom is -0.497 e. The van der Waals surface area contributed by atoms with Gasteiger partial charge in [0.1, 0.15) is 11.5 Å². The summed E-state index contributed by atoms with van der Waals surface area (Å²) in [6.45, 7) is 0.388. The van der Waals surface area contributed by atoms with Crippen molar-refractivity contribution < 1.29 is 19.1 Å². The van der Waals surface area contributed by atoms with Crippen molar-refractivity contribution in [1.82, 2.24) is 10.7 Å². The first kappa shape index (κ1) is 21.6. The number of hydrogen-bond donors (Lipinski definition) is 2. The molecule has 3 aromatic carbocycles. The molecule has 0 bridgehead atoms. The number of hydrazone groups is 1. The molecule has 0 aromatic heterocycles. The third-order valence-electron chi connectivity index (χ3n) is 4.31. The summed E-state index contributed by atoms with van der Waals surface area (Å²) in [7, 11) is 1.57. The molecule has 0 atom stereocenters. The van der Waals surface area contributed by atoms with Crippen molar-refractivity contribution >= 4 is 18.0 Å².